The second kappa shape index (κ2) is 9.88. The van der Waals surface area contributed by atoms with Crippen LogP contribution in [0.5, 0.6) is 11.5 Å². The van der Waals surface area contributed by atoms with Gasteiger partial charge in [-0.15, -0.1) is 0 Å². The van der Waals surface area contributed by atoms with Crippen molar-refractivity contribution in [2.75, 3.05) is 26.0 Å². The number of hydrogen-bond donors (Lipinski definition) is 1. The van der Waals surface area contributed by atoms with Crippen molar-refractivity contribution in [3.05, 3.63) is 59.7 Å². The maximum Gasteiger partial charge on any atom is 0.257 e. The van der Waals surface area contributed by atoms with E-state index >= 15 is 0 Å². The largest absolute Gasteiger partial charge is 0.497 e. The van der Waals surface area contributed by atoms with Crippen molar-refractivity contribution in [1.29, 1.82) is 0 Å². The lowest BCUT2D eigenvalue weighted by molar-refractivity contribution is -0.122. The minimum Gasteiger partial charge on any atom is -0.497 e. The van der Waals surface area contributed by atoms with Gasteiger partial charge in [-0.1, -0.05) is 35.9 Å². The van der Waals surface area contributed by atoms with Gasteiger partial charge < -0.3 is 14.8 Å². The van der Waals surface area contributed by atoms with E-state index in [9.17, 15) is 4.79 Å². The van der Waals surface area contributed by atoms with Gasteiger partial charge in [0.1, 0.15) is 11.5 Å². The van der Waals surface area contributed by atoms with Gasteiger partial charge in [0, 0.05) is 24.1 Å². The Bertz CT molecular complexity index is 661. The fourth-order valence-corrected chi connectivity index (χ4v) is 2.95. The summed E-state index contributed by atoms with van der Waals surface area (Å²) in [6, 6.07) is 15.7. The Morgan fingerprint density at radius 3 is 2.71 bits per heavy atom. The number of hydrogen-bond acceptors (Lipinski definition) is 4. The van der Waals surface area contributed by atoms with Crippen molar-refractivity contribution in [3.63, 3.8) is 0 Å². The summed E-state index contributed by atoms with van der Waals surface area (Å²) < 4.78 is 10.6. The van der Waals surface area contributed by atoms with Crippen molar-refractivity contribution < 1.29 is 14.3 Å². The first-order valence-corrected chi connectivity index (χ1v) is 8.99. The zero-order chi connectivity index (χ0) is 17.2. The predicted molar refractivity (Wildman–Crippen MR) is 98.8 cm³/mol. The van der Waals surface area contributed by atoms with Gasteiger partial charge in [-0.3, -0.25) is 4.79 Å². The average molecular weight is 345 g/mol. The Morgan fingerprint density at radius 2 is 1.92 bits per heavy atom. The van der Waals surface area contributed by atoms with Crippen LogP contribution >= 0.6 is 11.8 Å². The summed E-state index contributed by atoms with van der Waals surface area (Å²) in [6.45, 7) is 2.74. The Morgan fingerprint density at radius 1 is 1.12 bits per heavy atom. The third-order valence-corrected chi connectivity index (χ3v) is 4.36. The van der Waals surface area contributed by atoms with Crippen LogP contribution in [0.15, 0.2) is 48.5 Å². The second-order valence-electron chi connectivity index (χ2n) is 5.36. The molecule has 4 nitrogen and oxygen atoms in total. The summed E-state index contributed by atoms with van der Waals surface area (Å²) in [6.07, 6.45) is 0. The molecule has 0 aliphatic heterocycles. The lowest BCUT2D eigenvalue weighted by Gasteiger charge is -2.08. The molecule has 2 aromatic carbocycles. The lowest BCUT2D eigenvalue weighted by Crippen LogP contribution is -2.30. The molecule has 0 fully saturated rings. The van der Waals surface area contributed by atoms with Crippen LogP contribution in [-0.4, -0.2) is 31.9 Å². The van der Waals surface area contributed by atoms with Gasteiger partial charge in [0.2, 0.25) is 0 Å². The lowest BCUT2D eigenvalue weighted by atomic mass is 10.2. The van der Waals surface area contributed by atoms with E-state index in [-0.39, 0.29) is 12.5 Å². The van der Waals surface area contributed by atoms with Crippen molar-refractivity contribution in [1.82, 2.24) is 5.32 Å². The molecule has 24 heavy (non-hydrogen) atoms. The third kappa shape index (κ3) is 6.54. The van der Waals surface area contributed by atoms with Gasteiger partial charge in [-0.2, -0.15) is 11.8 Å². The van der Waals surface area contributed by atoms with Gasteiger partial charge in [-0.25, -0.2) is 0 Å². The Balaban J connectivity index is 1.59. The normalized spacial score (nSPS) is 10.2. The first-order valence-electron chi connectivity index (χ1n) is 7.84. The topological polar surface area (TPSA) is 47.6 Å². The van der Waals surface area contributed by atoms with E-state index in [2.05, 4.69) is 36.5 Å². The number of amides is 1. The molecule has 5 heteroatoms. The maximum atomic E-state index is 11.8. The summed E-state index contributed by atoms with van der Waals surface area (Å²) in [5.74, 6) is 3.05. The number of benzene rings is 2. The molecule has 2 rings (SSSR count). The van der Waals surface area contributed by atoms with Gasteiger partial charge in [0.15, 0.2) is 6.61 Å². The molecular weight excluding hydrogens is 322 g/mol. The molecule has 0 spiro atoms. The number of nitrogens with one attached hydrogen (secondary N) is 1. The van der Waals surface area contributed by atoms with E-state index in [0.29, 0.717) is 18.0 Å². The number of carbonyl (C=O) groups excluding carboxylic acids is 1. The van der Waals surface area contributed by atoms with Crippen LogP contribution in [0, 0.1) is 6.92 Å². The highest BCUT2D eigenvalue weighted by Gasteiger charge is 2.03. The molecule has 1 amide bonds. The first kappa shape index (κ1) is 18.2. The number of carbonyl (C=O) groups is 1. The average Bonchev–Trinajstić information content (AvgIpc) is 2.60. The van der Waals surface area contributed by atoms with Crippen LogP contribution in [0.3, 0.4) is 0 Å². The Labute approximate surface area is 147 Å². The predicted octanol–water partition coefficient (Wildman–Crippen LogP) is 3.43. The number of thioether (sulfide) groups is 1. The second-order valence-corrected chi connectivity index (χ2v) is 6.46. The van der Waals surface area contributed by atoms with Crippen LogP contribution in [0.1, 0.15) is 11.1 Å². The molecule has 0 unspecified atom stereocenters. The van der Waals surface area contributed by atoms with Crippen LogP contribution in [-0.2, 0) is 10.5 Å². The van der Waals surface area contributed by atoms with Crippen molar-refractivity contribution >= 4 is 17.7 Å². The smallest absolute Gasteiger partial charge is 0.257 e. The van der Waals surface area contributed by atoms with Gasteiger partial charge in [0.05, 0.1) is 7.11 Å². The summed E-state index contributed by atoms with van der Waals surface area (Å²) >= 11 is 1.80. The quantitative estimate of drug-likeness (QED) is 0.707. The molecule has 0 aliphatic carbocycles. The van der Waals surface area contributed by atoms with Gasteiger partial charge in [0.25, 0.3) is 5.91 Å². The van der Waals surface area contributed by atoms with Crippen molar-refractivity contribution in [3.8, 4) is 11.5 Å². The number of rotatable bonds is 9. The monoisotopic (exact) mass is 345 g/mol. The number of aryl methyl sites for hydroxylation is 1. The number of ether oxygens (including phenoxy) is 2. The minimum atomic E-state index is -0.117. The van der Waals surface area contributed by atoms with E-state index < -0.39 is 0 Å². The van der Waals surface area contributed by atoms with Gasteiger partial charge >= 0.3 is 0 Å². The molecule has 128 valence electrons. The Kier molecular flexibility index (Phi) is 7.49. The SMILES string of the molecule is COc1cccc(OCC(=O)NCCSCc2cccc(C)c2)c1. The Hall–Kier alpha value is -2.14. The van der Waals surface area contributed by atoms with Crippen LogP contribution in [0.2, 0.25) is 0 Å². The van der Waals surface area contributed by atoms with Crippen molar-refractivity contribution in [2.45, 2.75) is 12.7 Å². The summed E-state index contributed by atoms with van der Waals surface area (Å²) in [5.41, 5.74) is 2.59. The van der Waals surface area contributed by atoms with Crippen LogP contribution < -0.4 is 14.8 Å². The summed E-state index contributed by atoms with van der Waals surface area (Å²) in [7, 11) is 1.60. The van der Waals surface area contributed by atoms with E-state index in [1.54, 1.807) is 31.0 Å². The minimum absolute atomic E-state index is 0.00964. The zero-order valence-corrected chi connectivity index (χ0v) is 14.9. The molecule has 0 atom stereocenters. The highest BCUT2D eigenvalue weighted by molar-refractivity contribution is 7.98. The maximum absolute atomic E-state index is 11.8. The van der Waals surface area contributed by atoms with E-state index in [0.717, 1.165) is 11.5 Å². The highest BCUT2D eigenvalue weighted by atomic mass is 32.2. The highest BCUT2D eigenvalue weighted by Crippen LogP contribution is 2.18. The zero-order valence-electron chi connectivity index (χ0n) is 14.1. The molecular formula is C19H23NO3S. The molecule has 0 heterocycles. The fraction of sp³-hybridized carbons (Fsp3) is 0.316. The molecule has 0 aliphatic rings. The molecule has 2 aromatic rings. The molecule has 1 N–H and O–H groups in total. The summed E-state index contributed by atoms with van der Waals surface area (Å²) in [5, 5.41) is 2.86. The van der Waals surface area contributed by atoms with Gasteiger partial charge in [-0.05, 0) is 24.6 Å². The van der Waals surface area contributed by atoms with E-state index in [1.165, 1.54) is 11.1 Å². The molecule has 0 aromatic heterocycles. The molecule has 0 bridgehead atoms. The number of methoxy groups -OCH3 is 1. The third-order valence-electron chi connectivity index (χ3n) is 3.33. The van der Waals surface area contributed by atoms with Crippen LogP contribution in [0.4, 0.5) is 0 Å². The standard InChI is InChI=1S/C19H23NO3S/c1-15-5-3-6-16(11-15)14-24-10-9-20-19(21)13-23-18-8-4-7-17(12-18)22-2/h3-8,11-12H,9-10,13-14H2,1-2H3,(H,20,21). The van der Waals surface area contributed by atoms with Crippen molar-refractivity contribution in [2.24, 2.45) is 0 Å². The van der Waals surface area contributed by atoms with Crippen LogP contribution in [0.25, 0.3) is 0 Å². The molecule has 0 saturated carbocycles. The molecule has 0 radical (unpaired) electrons. The fourth-order valence-electron chi connectivity index (χ4n) is 2.15. The molecule has 0 saturated heterocycles. The first-order chi connectivity index (χ1) is 11.7. The summed E-state index contributed by atoms with van der Waals surface area (Å²) in [4.78, 5) is 11.8. The van der Waals surface area contributed by atoms with E-state index in [4.69, 9.17) is 9.47 Å². The van der Waals surface area contributed by atoms with E-state index in [1.807, 2.05) is 12.1 Å².